The van der Waals surface area contributed by atoms with Crippen LogP contribution >= 0.6 is 11.8 Å². The minimum Gasteiger partial charge on any atom is -0.490 e. The smallest absolute Gasteiger partial charge is 0.191 e. The van der Waals surface area contributed by atoms with Gasteiger partial charge in [0.15, 0.2) is 5.96 Å². The monoisotopic (exact) mass is 308 g/mol. The zero-order valence-electron chi connectivity index (χ0n) is 12.5. The Morgan fingerprint density at radius 2 is 2.48 bits per heavy atom. The second-order valence-electron chi connectivity index (χ2n) is 4.82. The molecule has 0 aliphatic carbocycles. The Labute approximate surface area is 131 Å². The van der Waals surface area contributed by atoms with Crippen molar-refractivity contribution in [2.75, 3.05) is 32.0 Å². The molecular weight excluding hydrogens is 284 g/mol. The Kier molecular flexibility index (Phi) is 7.21. The van der Waals surface area contributed by atoms with Crippen molar-refractivity contribution in [3.63, 3.8) is 0 Å². The number of aliphatic imine (C=N–C) groups is 1. The molecule has 6 heteroatoms. The highest BCUT2D eigenvalue weighted by Gasteiger charge is 2.14. The summed E-state index contributed by atoms with van der Waals surface area (Å²) in [7, 11) is 0. The third-order valence-corrected chi connectivity index (χ3v) is 4.50. The van der Waals surface area contributed by atoms with Gasteiger partial charge in [-0.15, -0.1) is 0 Å². The molecule has 2 N–H and O–H groups in total. The number of nitrogens with one attached hydrogen (secondary N) is 2. The molecule has 5 nitrogen and oxygen atoms in total. The summed E-state index contributed by atoms with van der Waals surface area (Å²) in [5.41, 5.74) is 0. The Hall–Kier alpha value is -1.43. The van der Waals surface area contributed by atoms with Gasteiger partial charge < -0.3 is 15.4 Å². The highest BCUT2D eigenvalue weighted by molar-refractivity contribution is 8.00. The van der Waals surface area contributed by atoms with Gasteiger partial charge >= 0.3 is 0 Å². The van der Waals surface area contributed by atoms with Crippen molar-refractivity contribution < 1.29 is 4.74 Å². The van der Waals surface area contributed by atoms with Crippen LogP contribution in [0.1, 0.15) is 19.8 Å². The van der Waals surface area contributed by atoms with Gasteiger partial charge in [0, 0.05) is 18.0 Å². The topological polar surface area (TPSA) is 58.5 Å². The summed E-state index contributed by atoms with van der Waals surface area (Å²) in [6.07, 6.45) is 6.07. The van der Waals surface area contributed by atoms with E-state index in [0.29, 0.717) is 11.9 Å². The Bertz CT molecular complexity index is 421. The van der Waals surface area contributed by atoms with Crippen molar-refractivity contribution in [1.29, 1.82) is 0 Å². The zero-order valence-corrected chi connectivity index (χ0v) is 13.4. The van der Waals surface area contributed by atoms with Gasteiger partial charge in [-0.3, -0.25) is 9.98 Å². The van der Waals surface area contributed by atoms with Gasteiger partial charge in [0.2, 0.25) is 0 Å². The number of nitrogens with zero attached hydrogens (tertiary/aromatic N) is 2. The number of ether oxygens (including phenoxy) is 1. The minimum absolute atomic E-state index is 0.592. The van der Waals surface area contributed by atoms with Crippen LogP contribution in [0, 0.1) is 0 Å². The van der Waals surface area contributed by atoms with Gasteiger partial charge in [0.05, 0.1) is 19.3 Å². The van der Waals surface area contributed by atoms with Crippen LogP contribution in [0.4, 0.5) is 0 Å². The van der Waals surface area contributed by atoms with Gasteiger partial charge in [0.25, 0.3) is 0 Å². The highest BCUT2D eigenvalue weighted by Crippen LogP contribution is 2.25. The summed E-state index contributed by atoms with van der Waals surface area (Å²) in [4.78, 5) is 8.66. The lowest BCUT2D eigenvalue weighted by Gasteiger charge is -2.13. The zero-order chi connectivity index (χ0) is 14.8. The van der Waals surface area contributed by atoms with Gasteiger partial charge in [-0.05, 0) is 37.7 Å². The molecule has 1 aromatic rings. The van der Waals surface area contributed by atoms with Crippen LogP contribution in [-0.2, 0) is 0 Å². The standard InChI is InChI=1S/C15H24N4OS/c1-2-17-15(19-12-14-6-4-10-21-14)18-8-9-20-13-5-3-7-16-11-13/h3,5,7,11,14H,2,4,6,8-10,12H2,1H3,(H2,17,18,19). The lowest BCUT2D eigenvalue weighted by Crippen LogP contribution is -2.39. The molecule has 0 bridgehead atoms. The molecule has 21 heavy (non-hydrogen) atoms. The highest BCUT2D eigenvalue weighted by atomic mass is 32.2. The maximum Gasteiger partial charge on any atom is 0.191 e. The fourth-order valence-corrected chi connectivity index (χ4v) is 3.27. The lowest BCUT2D eigenvalue weighted by molar-refractivity contribution is 0.320. The summed E-state index contributed by atoms with van der Waals surface area (Å²) >= 11 is 2.03. The van der Waals surface area contributed by atoms with Crippen LogP contribution in [0.15, 0.2) is 29.5 Å². The Morgan fingerprint density at radius 1 is 1.52 bits per heavy atom. The molecule has 0 spiro atoms. The second kappa shape index (κ2) is 9.50. The van der Waals surface area contributed by atoms with Crippen LogP contribution in [0.25, 0.3) is 0 Å². The minimum atomic E-state index is 0.592. The fourth-order valence-electron chi connectivity index (χ4n) is 2.09. The van der Waals surface area contributed by atoms with Crippen molar-refractivity contribution in [2.45, 2.75) is 25.0 Å². The molecule has 0 saturated carbocycles. The predicted octanol–water partition coefficient (Wildman–Crippen LogP) is 1.91. The molecular formula is C15H24N4OS. The summed E-state index contributed by atoms with van der Waals surface area (Å²) in [6, 6.07) is 3.77. The number of hydrogen-bond donors (Lipinski definition) is 2. The van der Waals surface area contributed by atoms with E-state index in [1.165, 1.54) is 18.6 Å². The fraction of sp³-hybridized carbons (Fsp3) is 0.600. The van der Waals surface area contributed by atoms with E-state index in [-0.39, 0.29) is 0 Å². The molecule has 1 saturated heterocycles. The van der Waals surface area contributed by atoms with E-state index in [1.54, 1.807) is 12.4 Å². The maximum absolute atomic E-state index is 5.60. The Balaban J connectivity index is 1.68. The van der Waals surface area contributed by atoms with Crippen molar-refractivity contribution in [3.05, 3.63) is 24.5 Å². The number of hydrogen-bond acceptors (Lipinski definition) is 4. The van der Waals surface area contributed by atoms with E-state index in [2.05, 4.69) is 27.5 Å². The molecule has 116 valence electrons. The van der Waals surface area contributed by atoms with Crippen LogP contribution in [0.3, 0.4) is 0 Å². The van der Waals surface area contributed by atoms with Crippen molar-refractivity contribution in [2.24, 2.45) is 4.99 Å². The average molecular weight is 308 g/mol. The first-order chi connectivity index (χ1) is 10.4. The first-order valence-corrected chi connectivity index (χ1v) is 8.60. The molecule has 2 rings (SSSR count). The number of rotatable bonds is 7. The maximum atomic E-state index is 5.60. The quantitative estimate of drug-likeness (QED) is 0.458. The molecule has 1 aromatic heterocycles. The van der Waals surface area contributed by atoms with Gasteiger partial charge in [-0.25, -0.2) is 0 Å². The van der Waals surface area contributed by atoms with Crippen LogP contribution in [0.5, 0.6) is 5.75 Å². The average Bonchev–Trinajstić information content (AvgIpc) is 3.03. The molecule has 0 aromatic carbocycles. The van der Waals surface area contributed by atoms with Gasteiger partial charge in [-0.2, -0.15) is 11.8 Å². The summed E-state index contributed by atoms with van der Waals surface area (Å²) in [5.74, 6) is 2.95. The number of thioether (sulfide) groups is 1. The van der Waals surface area contributed by atoms with E-state index >= 15 is 0 Å². The third kappa shape index (κ3) is 6.25. The molecule has 1 atom stereocenters. The third-order valence-electron chi connectivity index (χ3n) is 3.12. The van der Waals surface area contributed by atoms with E-state index in [0.717, 1.165) is 31.3 Å². The first kappa shape index (κ1) is 15.9. The van der Waals surface area contributed by atoms with E-state index in [4.69, 9.17) is 4.74 Å². The first-order valence-electron chi connectivity index (χ1n) is 7.55. The molecule has 2 heterocycles. The molecule has 1 unspecified atom stereocenters. The molecule has 1 fully saturated rings. The number of guanidine groups is 1. The van der Waals surface area contributed by atoms with Crippen LogP contribution in [-0.4, -0.2) is 48.2 Å². The number of aromatic nitrogens is 1. The largest absolute Gasteiger partial charge is 0.490 e. The van der Waals surface area contributed by atoms with Crippen molar-refractivity contribution in [1.82, 2.24) is 15.6 Å². The molecule has 0 amide bonds. The van der Waals surface area contributed by atoms with E-state index in [1.807, 2.05) is 23.9 Å². The molecule has 1 aliphatic rings. The van der Waals surface area contributed by atoms with Gasteiger partial charge in [0.1, 0.15) is 12.4 Å². The second-order valence-corrected chi connectivity index (χ2v) is 6.23. The summed E-state index contributed by atoms with van der Waals surface area (Å²) in [6.45, 7) is 5.15. The lowest BCUT2D eigenvalue weighted by atomic mass is 10.2. The van der Waals surface area contributed by atoms with Crippen molar-refractivity contribution in [3.8, 4) is 5.75 Å². The van der Waals surface area contributed by atoms with Crippen molar-refractivity contribution >= 4 is 17.7 Å². The van der Waals surface area contributed by atoms with Crippen LogP contribution in [0.2, 0.25) is 0 Å². The summed E-state index contributed by atoms with van der Waals surface area (Å²) in [5, 5.41) is 7.25. The predicted molar refractivity (Wildman–Crippen MR) is 89.2 cm³/mol. The van der Waals surface area contributed by atoms with Gasteiger partial charge in [-0.1, -0.05) is 0 Å². The normalized spacial score (nSPS) is 18.5. The summed E-state index contributed by atoms with van der Waals surface area (Å²) < 4.78 is 5.60. The Morgan fingerprint density at radius 3 is 3.19 bits per heavy atom. The van der Waals surface area contributed by atoms with Crippen LogP contribution < -0.4 is 15.4 Å². The SMILES string of the molecule is CCNC(=NCC1CCCS1)NCCOc1cccnc1. The number of pyridine rings is 1. The molecule has 1 aliphatic heterocycles. The van der Waals surface area contributed by atoms with E-state index < -0.39 is 0 Å². The molecule has 0 radical (unpaired) electrons. The van der Waals surface area contributed by atoms with E-state index in [9.17, 15) is 0 Å².